The summed E-state index contributed by atoms with van der Waals surface area (Å²) in [5.74, 6) is -0.0747. The molecule has 1 fully saturated rings. The molecule has 1 heterocycles. The van der Waals surface area contributed by atoms with Crippen LogP contribution in [0.5, 0.6) is 0 Å². The van der Waals surface area contributed by atoms with E-state index in [0.717, 1.165) is 37.1 Å². The first-order chi connectivity index (χ1) is 12.1. The molecule has 0 saturated carbocycles. The molecule has 2 aromatic carbocycles. The highest BCUT2D eigenvalue weighted by Crippen LogP contribution is 2.45. The zero-order valence-electron chi connectivity index (χ0n) is 14.1. The van der Waals surface area contributed by atoms with Crippen molar-refractivity contribution in [3.63, 3.8) is 0 Å². The highest BCUT2D eigenvalue weighted by atomic mass is 16.3. The van der Waals surface area contributed by atoms with Crippen molar-refractivity contribution in [3.8, 4) is 0 Å². The van der Waals surface area contributed by atoms with E-state index in [1.807, 2.05) is 47.4 Å². The summed E-state index contributed by atoms with van der Waals surface area (Å²) >= 11 is 0. The number of aliphatic hydroxyl groups excluding tert-OH is 1. The minimum atomic E-state index is -0.482. The number of carbonyl (C=O) groups excluding carboxylic acids is 2. The molecular formula is C21H21NO3. The number of aliphatic hydroxyl groups is 1. The maximum Gasteiger partial charge on any atom is 0.233 e. The lowest BCUT2D eigenvalue weighted by Crippen LogP contribution is -2.38. The van der Waals surface area contributed by atoms with Gasteiger partial charge in [-0.3, -0.25) is 9.59 Å². The Morgan fingerprint density at radius 3 is 2.64 bits per heavy atom. The Labute approximate surface area is 147 Å². The normalized spacial score (nSPS) is 22.3. The zero-order chi connectivity index (χ0) is 17.4. The van der Waals surface area contributed by atoms with Crippen molar-refractivity contribution in [2.24, 2.45) is 5.41 Å². The zero-order valence-corrected chi connectivity index (χ0v) is 14.1. The summed E-state index contributed by atoms with van der Waals surface area (Å²) in [4.78, 5) is 26.9. The van der Waals surface area contributed by atoms with E-state index in [1.54, 1.807) is 6.07 Å². The number of amides is 1. The van der Waals surface area contributed by atoms with Crippen molar-refractivity contribution < 1.29 is 14.7 Å². The van der Waals surface area contributed by atoms with Crippen molar-refractivity contribution in [1.29, 1.82) is 0 Å². The van der Waals surface area contributed by atoms with Crippen LogP contribution in [-0.2, 0) is 17.6 Å². The predicted octanol–water partition coefficient (Wildman–Crippen LogP) is 2.77. The standard InChI is InChI=1S/C21H21NO3/c23-14-19(24)16-7-6-15-8-9-21(13-17(15)12-16)10-11-22(20(21)25)18-4-2-1-3-5-18/h1-7,12,23H,8-11,13-14H2. The predicted molar refractivity (Wildman–Crippen MR) is 95.7 cm³/mol. The van der Waals surface area contributed by atoms with Gasteiger partial charge in [-0.05, 0) is 55.0 Å². The van der Waals surface area contributed by atoms with Crippen molar-refractivity contribution >= 4 is 17.4 Å². The van der Waals surface area contributed by atoms with Gasteiger partial charge in [0.2, 0.25) is 5.91 Å². The Balaban J connectivity index is 1.63. The summed E-state index contributed by atoms with van der Waals surface area (Å²) in [5, 5.41) is 9.09. The van der Waals surface area contributed by atoms with E-state index >= 15 is 0 Å². The van der Waals surface area contributed by atoms with E-state index in [4.69, 9.17) is 5.11 Å². The van der Waals surface area contributed by atoms with Gasteiger partial charge >= 0.3 is 0 Å². The average Bonchev–Trinajstić information content (AvgIpc) is 2.97. The second-order valence-electron chi connectivity index (χ2n) is 7.06. The van der Waals surface area contributed by atoms with Crippen LogP contribution in [0.4, 0.5) is 5.69 Å². The molecule has 4 heteroatoms. The van der Waals surface area contributed by atoms with E-state index in [1.165, 1.54) is 5.56 Å². The number of hydrogen-bond donors (Lipinski definition) is 1. The number of hydrogen-bond acceptors (Lipinski definition) is 3. The number of para-hydroxylation sites is 1. The second-order valence-corrected chi connectivity index (χ2v) is 7.06. The maximum absolute atomic E-state index is 13.2. The molecule has 128 valence electrons. The van der Waals surface area contributed by atoms with Gasteiger partial charge in [0.05, 0.1) is 5.41 Å². The van der Waals surface area contributed by atoms with E-state index in [9.17, 15) is 9.59 Å². The number of aryl methyl sites for hydroxylation is 1. The van der Waals surface area contributed by atoms with Crippen LogP contribution >= 0.6 is 0 Å². The Kier molecular flexibility index (Phi) is 3.92. The van der Waals surface area contributed by atoms with Gasteiger partial charge in [0.15, 0.2) is 5.78 Å². The maximum atomic E-state index is 13.2. The Hall–Kier alpha value is -2.46. The van der Waals surface area contributed by atoms with Crippen LogP contribution in [-0.4, -0.2) is 29.9 Å². The Morgan fingerprint density at radius 1 is 1.08 bits per heavy atom. The molecule has 25 heavy (non-hydrogen) atoms. The van der Waals surface area contributed by atoms with Crippen LogP contribution in [0.15, 0.2) is 48.5 Å². The van der Waals surface area contributed by atoms with Gasteiger partial charge in [-0.2, -0.15) is 0 Å². The summed E-state index contributed by atoms with van der Waals surface area (Å²) in [6, 6.07) is 15.4. The van der Waals surface area contributed by atoms with Crippen molar-refractivity contribution in [2.45, 2.75) is 25.7 Å². The van der Waals surface area contributed by atoms with Crippen LogP contribution in [0.3, 0.4) is 0 Å². The molecule has 1 amide bonds. The first-order valence-corrected chi connectivity index (χ1v) is 8.76. The van der Waals surface area contributed by atoms with Crippen molar-refractivity contribution in [1.82, 2.24) is 0 Å². The molecule has 1 unspecified atom stereocenters. The molecule has 1 atom stereocenters. The molecule has 0 radical (unpaired) electrons. The van der Waals surface area contributed by atoms with Gasteiger partial charge in [-0.25, -0.2) is 0 Å². The fourth-order valence-corrected chi connectivity index (χ4v) is 4.20. The molecule has 1 spiro atoms. The first-order valence-electron chi connectivity index (χ1n) is 8.76. The van der Waals surface area contributed by atoms with Gasteiger partial charge < -0.3 is 10.0 Å². The number of rotatable bonds is 3. The van der Waals surface area contributed by atoms with Gasteiger partial charge in [0, 0.05) is 17.8 Å². The lowest BCUT2D eigenvalue weighted by Gasteiger charge is -2.33. The molecule has 4 nitrogen and oxygen atoms in total. The highest BCUT2D eigenvalue weighted by molar-refractivity contribution is 6.00. The number of nitrogens with zero attached hydrogens (tertiary/aromatic N) is 1. The topological polar surface area (TPSA) is 57.6 Å². The third-order valence-electron chi connectivity index (χ3n) is 5.65. The summed E-state index contributed by atoms with van der Waals surface area (Å²) < 4.78 is 0. The molecule has 4 rings (SSSR count). The van der Waals surface area contributed by atoms with Gasteiger partial charge in [-0.15, -0.1) is 0 Å². The van der Waals surface area contributed by atoms with Crippen LogP contribution in [0.2, 0.25) is 0 Å². The minimum Gasteiger partial charge on any atom is -0.388 e. The third kappa shape index (κ3) is 2.67. The number of fused-ring (bicyclic) bond motifs is 1. The van der Waals surface area contributed by atoms with E-state index in [-0.39, 0.29) is 17.1 Å². The summed E-state index contributed by atoms with van der Waals surface area (Å²) in [7, 11) is 0. The number of benzene rings is 2. The molecule has 1 saturated heterocycles. The van der Waals surface area contributed by atoms with Crippen LogP contribution in [0.25, 0.3) is 0 Å². The molecule has 1 aliphatic carbocycles. The molecule has 0 aromatic heterocycles. The summed E-state index contributed by atoms with van der Waals surface area (Å²) in [5.41, 5.74) is 3.42. The largest absolute Gasteiger partial charge is 0.388 e. The fourth-order valence-electron chi connectivity index (χ4n) is 4.20. The van der Waals surface area contributed by atoms with Crippen molar-refractivity contribution in [3.05, 3.63) is 65.2 Å². The molecule has 2 aliphatic rings. The number of carbonyl (C=O) groups is 2. The first kappa shape index (κ1) is 16.0. The third-order valence-corrected chi connectivity index (χ3v) is 5.65. The highest BCUT2D eigenvalue weighted by Gasteiger charge is 2.48. The average molecular weight is 335 g/mol. The smallest absolute Gasteiger partial charge is 0.233 e. The van der Waals surface area contributed by atoms with Gasteiger partial charge in [0.1, 0.15) is 6.61 Å². The monoisotopic (exact) mass is 335 g/mol. The number of anilines is 1. The molecule has 2 aromatic rings. The lowest BCUT2D eigenvalue weighted by atomic mass is 9.70. The van der Waals surface area contributed by atoms with Crippen LogP contribution in [0, 0.1) is 5.41 Å². The minimum absolute atomic E-state index is 0.197. The van der Waals surface area contributed by atoms with E-state index in [0.29, 0.717) is 12.0 Å². The SMILES string of the molecule is O=C(CO)c1ccc2c(c1)CC1(CC2)CCN(c2ccccc2)C1=O. The van der Waals surface area contributed by atoms with E-state index < -0.39 is 6.61 Å². The van der Waals surface area contributed by atoms with Gasteiger partial charge in [0.25, 0.3) is 0 Å². The Bertz CT molecular complexity index is 830. The number of Topliss-reactive ketones (excluding diaryl/α,β-unsaturated/α-hetero) is 1. The number of ketones is 1. The lowest BCUT2D eigenvalue weighted by molar-refractivity contribution is -0.126. The van der Waals surface area contributed by atoms with Crippen molar-refractivity contribution in [2.75, 3.05) is 18.1 Å². The van der Waals surface area contributed by atoms with Crippen LogP contribution < -0.4 is 4.90 Å². The molecule has 0 bridgehead atoms. The molecular weight excluding hydrogens is 314 g/mol. The quantitative estimate of drug-likeness (QED) is 0.878. The van der Waals surface area contributed by atoms with Crippen LogP contribution in [0.1, 0.15) is 34.3 Å². The summed E-state index contributed by atoms with van der Waals surface area (Å²) in [6.07, 6.45) is 3.24. The van der Waals surface area contributed by atoms with Gasteiger partial charge in [-0.1, -0.05) is 30.3 Å². The fraction of sp³-hybridized carbons (Fsp3) is 0.333. The van der Waals surface area contributed by atoms with E-state index in [2.05, 4.69) is 0 Å². The molecule has 1 aliphatic heterocycles. The molecule has 1 N–H and O–H groups in total. The Morgan fingerprint density at radius 2 is 1.88 bits per heavy atom. The second kappa shape index (κ2) is 6.12. The summed E-state index contributed by atoms with van der Waals surface area (Å²) in [6.45, 7) is 0.262.